The fraction of sp³-hybridized carbons (Fsp3) is 0.667. The maximum Gasteiger partial charge on any atom is 0.123 e. The van der Waals surface area contributed by atoms with Gasteiger partial charge < -0.3 is 14.8 Å². The van der Waals surface area contributed by atoms with Crippen LogP contribution in [0.4, 0.5) is 0 Å². The maximum atomic E-state index is 5.54. The molecule has 4 nitrogen and oxygen atoms in total. The third-order valence-corrected chi connectivity index (χ3v) is 4.88. The number of piperidine rings is 1. The second-order valence-corrected chi connectivity index (χ2v) is 6.53. The smallest absolute Gasteiger partial charge is 0.123 e. The standard InChI is InChI=1S/C18H28N2O2.ClH/c1-21-17-5-6-18(22-2)15(11-17)13-20(16-3-4-16)12-14-7-9-19-10-8-14;/h5-6,11,14,16,19H,3-4,7-10,12-13H2,1-2H3;1H. The van der Waals surface area contributed by atoms with Crippen molar-refractivity contribution in [2.45, 2.75) is 38.3 Å². The lowest BCUT2D eigenvalue weighted by molar-refractivity contribution is 0.188. The van der Waals surface area contributed by atoms with Crippen LogP contribution in [0, 0.1) is 5.92 Å². The molecule has 0 bridgehead atoms. The van der Waals surface area contributed by atoms with E-state index in [-0.39, 0.29) is 12.4 Å². The predicted octanol–water partition coefficient (Wildman–Crippen LogP) is 3.09. The van der Waals surface area contributed by atoms with Gasteiger partial charge in [-0.3, -0.25) is 4.90 Å². The Kier molecular flexibility index (Phi) is 7.00. The monoisotopic (exact) mass is 340 g/mol. The van der Waals surface area contributed by atoms with Gasteiger partial charge in [0.2, 0.25) is 0 Å². The van der Waals surface area contributed by atoms with Crippen LogP contribution in [0.3, 0.4) is 0 Å². The van der Waals surface area contributed by atoms with Crippen molar-refractivity contribution in [3.63, 3.8) is 0 Å². The lowest BCUT2D eigenvalue weighted by atomic mass is 9.97. The SMILES string of the molecule is COc1ccc(OC)c(CN(CC2CCNCC2)C2CC2)c1.Cl. The second kappa shape index (κ2) is 8.76. The summed E-state index contributed by atoms with van der Waals surface area (Å²) in [5.74, 6) is 2.71. The number of hydrogen-bond donors (Lipinski definition) is 1. The number of halogens is 1. The molecular formula is C18H29ClN2O2. The molecule has 23 heavy (non-hydrogen) atoms. The van der Waals surface area contributed by atoms with Gasteiger partial charge in [0, 0.05) is 24.7 Å². The van der Waals surface area contributed by atoms with Crippen LogP contribution in [0.2, 0.25) is 0 Å². The summed E-state index contributed by atoms with van der Waals surface area (Å²) in [4.78, 5) is 2.66. The molecule has 3 rings (SSSR count). The second-order valence-electron chi connectivity index (χ2n) is 6.53. The molecule has 1 saturated heterocycles. The molecule has 1 N–H and O–H groups in total. The molecule has 2 fully saturated rings. The fourth-order valence-electron chi connectivity index (χ4n) is 3.40. The lowest BCUT2D eigenvalue weighted by Gasteiger charge is -2.30. The van der Waals surface area contributed by atoms with Gasteiger partial charge in [-0.05, 0) is 62.9 Å². The molecule has 0 radical (unpaired) electrons. The lowest BCUT2D eigenvalue weighted by Crippen LogP contribution is -2.37. The molecule has 1 aromatic rings. The first-order chi connectivity index (χ1) is 10.8. The molecule has 5 heteroatoms. The van der Waals surface area contributed by atoms with Crippen molar-refractivity contribution in [2.75, 3.05) is 33.9 Å². The maximum absolute atomic E-state index is 5.54. The van der Waals surface area contributed by atoms with Crippen molar-refractivity contribution in [3.8, 4) is 11.5 Å². The van der Waals surface area contributed by atoms with E-state index in [4.69, 9.17) is 9.47 Å². The van der Waals surface area contributed by atoms with Gasteiger partial charge in [0.15, 0.2) is 0 Å². The van der Waals surface area contributed by atoms with Gasteiger partial charge in [-0.1, -0.05) is 0 Å². The van der Waals surface area contributed by atoms with Gasteiger partial charge in [0.25, 0.3) is 0 Å². The Balaban J connectivity index is 0.00000192. The highest BCUT2D eigenvalue weighted by molar-refractivity contribution is 5.85. The molecule has 0 spiro atoms. The van der Waals surface area contributed by atoms with Crippen LogP contribution in [-0.2, 0) is 6.54 Å². The van der Waals surface area contributed by atoms with Crippen molar-refractivity contribution < 1.29 is 9.47 Å². The Hall–Kier alpha value is -0.970. The number of rotatable bonds is 7. The normalized spacial score (nSPS) is 18.6. The number of methoxy groups -OCH3 is 2. The zero-order valence-electron chi connectivity index (χ0n) is 14.2. The quantitative estimate of drug-likeness (QED) is 0.827. The zero-order valence-corrected chi connectivity index (χ0v) is 15.0. The Morgan fingerprint density at radius 1 is 1.09 bits per heavy atom. The Bertz CT molecular complexity index is 488. The van der Waals surface area contributed by atoms with Gasteiger partial charge in [0.1, 0.15) is 11.5 Å². The zero-order chi connectivity index (χ0) is 15.4. The Labute approximate surface area is 145 Å². The van der Waals surface area contributed by atoms with Crippen molar-refractivity contribution in [1.29, 1.82) is 0 Å². The molecule has 1 aromatic carbocycles. The van der Waals surface area contributed by atoms with Crippen LogP contribution in [0.5, 0.6) is 11.5 Å². The predicted molar refractivity (Wildman–Crippen MR) is 95.8 cm³/mol. The van der Waals surface area contributed by atoms with Crippen LogP contribution in [0.15, 0.2) is 18.2 Å². The minimum Gasteiger partial charge on any atom is -0.497 e. The summed E-state index contributed by atoms with van der Waals surface area (Å²) in [6.45, 7) is 4.53. The van der Waals surface area contributed by atoms with Gasteiger partial charge >= 0.3 is 0 Å². The van der Waals surface area contributed by atoms with Crippen LogP contribution in [-0.4, -0.2) is 44.8 Å². The molecule has 0 amide bonds. The van der Waals surface area contributed by atoms with E-state index in [2.05, 4.69) is 16.3 Å². The number of hydrogen-bond acceptors (Lipinski definition) is 4. The molecule has 130 valence electrons. The average Bonchev–Trinajstić information content (AvgIpc) is 3.40. The molecule has 1 aliphatic carbocycles. The highest BCUT2D eigenvalue weighted by atomic mass is 35.5. The molecular weight excluding hydrogens is 312 g/mol. The summed E-state index contributed by atoms with van der Waals surface area (Å²) in [6.07, 6.45) is 5.30. The largest absolute Gasteiger partial charge is 0.497 e. The van der Waals surface area contributed by atoms with Crippen molar-refractivity contribution in [3.05, 3.63) is 23.8 Å². The third-order valence-electron chi connectivity index (χ3n) is 4.88. The van der Waals surface area contributed by atoms with Gasteiger partial charge in [-0.15, -0.1) is 12.4 Å². The molecule has 0 aromatic heterocycles. The number of benzene rings is 1. The van der Waals surface area contributed by atoms with Crippen LogP contribution in [0.25, 0.3) is 0 Å². The molecule has 1 heterocycles. The van der Waals surface area contributed by atoms with Crippen LogP contribution < -0.4 is 14.8 Å². The summed E-state index contributed by atoms with van der Waals surface area (Å²) in [5, 5.41) is 3.46. The molecule has 1 saturated carbocycles. The first-order valence-corrected chi connectivity index (χ1v) is 8.46. The van der Waals surface area contributed by atoms with E-state index in [1.807, 2.05) is 12.1 Å². The van der Waals surface area contributed by atoms with Crippen LogP contribution >= 0.6 is 12.4 Å². The van der Waals surface area contributed by atoms with Crippen molar-refractivity contribution in [1.82, 2.24) is 10.2 Å². The first kappa shape index (κ1) is 18.4. The highest BCUT2D eigenvalue weighted by Crippen LogP contribution is 2.33. The number of nitrogens with zero attached hydrogens (tertiary/aromatic N) is 1. The Morgan fingerprint density at radius 2 is 1.83 bits per heavy atom. The summed E-state index contributed by atoms with van der Waals surface area (Å²) >= 11 is 0. The highest BCUT2D eigenvalue weighted by Gasteiger charge is 2.31. The van der Waals surface area contributed by atoms with E-state index in [1.165, 1.54) is 50.9 Å². The van der Waals surface area contributed by atoms with Gasteiger partial charge in [0.05, 0.1) is 14.2 Å². The first-order valence-electron chi connectivity index (χ1n) is 8.46. The van der Waals surface area contributed by atoms with E-state index in [9.17, 15) is 0 Å². The summed E-state index contributed by atoms with van der Waals surface area (Å²) < 4.78 is 10.9. The van der Waals surface area contributed by atoms with Crippen LogP contribution in [0.1, 0.15) is 31.2 Å². The summed E-state index contributed by atoms with van der Waals surface area (Å²) in [6, 6.07) is 6.88. The summed E-state index contributed by atoms with van der Waals surface area (Å²) in [5.41, 5.74) is 1.24. The minimum absolute atomic E-state index is 0. The minimum atomic E-state index is 0. The average molecular weight is 341 g/mol. The number of ether oxygens (including phenoxy) is 2. The third kappa shape index (κ3) is 5.00. The van der Waals surface area contributed by atoms with E-state index >= 15 is 0 Å². The molecule has 0 unspecified atom stereocenters. The van der Waals surface area contributed by atoms with Crippen molar-refractivity contribution in [2.24, 2.45) is 5.92 Å². The van der Waals surface area contributed by atoms with E-state index < -0.39 is 0 Å². The van der Waals surface area contributed by atoms with Gasteiger partial charge in [-0.25, -0.2) is 0 Å². The topological polar surface area (TPSA) is 33.7 Å². The van der Waals surface area contributed by atoms with E-state index in [1.54, 1.807) is 14.2 Å². The summed E-state index contributed by atoms with van der Waals surface area (Å²) in [7, 11) is 3.47. The van der Waals surface area contributed by atoms with Crippen molar-refractivity contribution >= 4 is 12.4 Å². The molecule has 0 atom stereocenters. The van der Waals surface area contributed by atoms with E-state index in [0.29, 0.717) is 0 Å². The Morgan fingerprint density at radius 3 is 2.43 bits per heavy atom. The number of nitrogens with one attached hydrogen (secondary N) is 1. The molecule has 2 aliphatic rings. The van der Waals surface area contributed by atoms with Gasteiger partial charge in [-0.2, -0.15) is 0 Å². The van der Waals surface area contributed by atoms with E-state index in [0.717, 1.165) is 30.0 Å². The fourth-order valence-corrected chi connectivity index (χ4v) is 3.40. The molecule has 1 aliphatic heterocycles.